The van der Waals surface area contributed by atoms with Gasteiger partial charge in [0, 0.05) is 32.6 Å². The van der Waals surface area contributed by atoms with Crippen LogP contribution in [0.2, 0.25) is 0 Å². The van der Waals surface area contributed by atoms with Crippen LogP contribution in [0.25, 0.3) is 0 Å². The largest absolute Gasteiger partial charge is 0.388 e. The Labute approximate surface area is 99.2 Å². The second-order valence-corrected chi connectivity index (χ2v) is 4.75. The van der Waals surface area contributed by atoms with Crippen LogP contribution in [0.15, 0.2) is 0 Å². The minimum absolute atomic E-state index is 0.139. The summed E-state index contributed by atoms with van der Waals surface area (Å²) in [6.45, 7) is 1.34. The van der Waals surface area contributed by atoms with Crippen LogP contribution < -0.4 is 5.32 Å². The summed E-state index contributed by atoms with van der Waals surface area (Å²) in [5.74, 6) is 0.436. The highest BCUT2D eigenvalue weighted by Gasteiger charge is 2.29. The van der Waals surface area contributed by atoms with Crippen LogP contribution in [0.5, 0.6) is 0 Å². The Morgan fingerprint density at radius 3 is 2.88 bits per heavy atom. The van der Waals surface area contributed by atoms with Crippen molar-refractivity contribution in [2.45, 2.75) is 18.4 Å². The van der Waals surface area contributed by atoms with E-state index in [1.807, 2.05) is 6.07 Å². The average molecular weight is 244 g/mol. The smallest absolute Gasteiger partial charge is 0.230 e. The molecule has 1 rings (SSSR count). The number of hydrogen-bond acceptors (Lipinski definition) is 5. The zero-order valence-corrected chi connectivity index (χ0v) is 9.89. The van der Waals surface area contributed by atoms with E-state index in [1.54, 1.807) is 0 Å². The van der Waals surface area contributed by atoms with Crippen molar-refractivity contribution in [3.63, 3.8) is 0 Å². The third kappa shape index (κ3) is 4.84. The highest BCUT2D eigenvalue weighted by Crippen LogP contribution is 2.19. The Balaban J connectivity index is 2.17. The van der Waals surface area contributed by atoms with Gasteiger partial charge < -0.3 is 15.2 Å². The SMILES string of the molecule is N#CCSCC(=O)NCC1(O)CCOCC1. The lowest BCUT2D eigenvalue weighted by Gasteiger charge is -2.32. The molecule has 1 amide bonds. The van der Waals surface area contributed by atoms with Gasteiger partial charge in [0.2, 0.25) is 5.91 Å². The van der Waals surface area contributed by atoms with E-state index in [2.05, 4.69) is 5.32 Å². The summed E-state index contributed by atoms with van der Waals surface area (Å²) < 4.78 is 5.14. The summed E-state index contributed by atoms with van der Waals surface area (Å²) in [6.07, 6.45) is 1.11. The van der Waals surface area contributed by atoms with Gasteiger partial charge in [0.05, 0.1) is 23.2 Å². The monoisotopic (exact) mass is 244 g/mol. The van der Waals surface area contributed by atoms with Gasteiger partial charge in [-0.3, -0.25) is 4.79 Å². The van der Waals surface area contributed by atoms with Gasteiger partial charge in [0.25, 0.3) is 0 Å². The molecule has 1 fully saturated rings. The summed E-state index contributed by atoms with van der Waals surface area (Å²) in [5, 5.41) is 21.0. The maximum atomic E-state index is 11.3. The van der Waals surface area contributed by atoms with Crippen molar-refractivity contribution in [1.82, 2.24) is 5.32 Å². The minimum atomic E-state index is -0.826. The van der Waals surface area contributed by atoms with Gasteiger partial charge >= 0.3 is 0 Å². The summed E-state index contributed by atoms with van der Waals surface area (Å²) in [6, 6.07) is 1.95. The molecule has 1 saturated heterocycles. The highest BCUT2D eigenvalue weighted by molar-refractivity contribution is 8.00. The molecule has 0 atom stereocenters. The summed E-state index contributed by atoms with van der Waals surface area (Å²) in [5.41, 5.74) is -0.826. The van der Waals surface area contributed by atoms with E-state index in [-0.39, 0.29) is 18.2 Å². The van der Waals surface area contributed by atoms with Gasteiger partial charge in [-0.05, 0) is 0 Å². The molecule has 0 aromatic carbocycles. The van der Waals surface area contributed by atoms with Crippen molar-refractivity contribution in [2.75, 3.05) is 31.3 Å². The Bertz CT molecular complexity index is 272. The number of carbonyl (C=O) groups excluding carboxylic acids is 1. The number of nitrogens with one attached hydrogen (secondary N) is 1. The van der Waals surface area contributed by atoms with Gasteiger partial charge in [0.15, 0.2) is 0 Å². The number of aliphatic hydroxyl groups is 1. The molecule has 1 heterocycles. The van der Waals surface area contributed by atoms with Crippen molar-refractivity contribution in [3.8, 4) is 6.07 Å². The third-order valence-corrected chi connectivity index (χ3v) is 3.24. The molecule has 0 spiro atoms. The minimum Gasteiger partial charge on any atom is -0.388 e. The van der Waals surface area contributed by atoms with Gasteiger partial charge in [-0.1, -0.05) is 0 Å². The van der Waals surface area contributed by atoms with Crippen LogP contribution in [-0.2, 0) is 9.53 Å². The molecule has 1 aliphatic rings. The number of carbonyl (C=O) groups is 1. The zero-order chi connectivity index (χ0) is 11.9. The molecule has 0 bridgehead atoms. The molecule has 1 aliphatic heterocycles. The number of rotatable bonds is 5. The van der Waals surface area contributed by atoms with E-state index < -0.39 is 5.60 Å². The lowest BCUT2D eigenvalue weighted by Crippen LogP contribution is -2.47. The Morgan fingerprint density at radius 1 is 1.56 bits per heavy atom. The molecule has 16 heavy (non-hydrogen) atoms. The summed E-state index contributed by atoms with van der Waals surface area (Å²) in [7, 11) is 0. The lowest BCUT2D eigenvalue weighted by molar-refractivity contribution is -0.121. The van der Waals surface area contributed by atoms with Gasteiger partial charge in [0.1, 0.15) is 0 Å². The second-order valence-electron chi connectivity index (χ2n) is 3.76. The predicted molar refractivity (Wildman–Crippen MR) is 61.0 cm³/mol. The highest BCUT2D eigenvalue weighted by atomic mass is 32.2. The summed E-state index contributed by atoms with van der Waals surface area (Å²) >= 11 is 1.27. The van der Waals surface area contributed by atoms with Crippen LogP contribution in [0.1, 0.15) is 12.8 Å². The lowest BCUT2D eigenvalue weighted by atomic mass is 9.94. The van der Waals surface area contributed by atoms with Gasteiger partial charge in [-0.15, -0.1) is 11.8 Å². The van der Waals surface area contributed by atoms with E-state index in [0.717, 1.165) is 0 Å². The fraction of sp³-hybridized carbons (Fsp3) is 0.800. The molecule has 6 heteroatoms. The van der Waals surface area contributed by atoms with Crippen molar-refractivity contribution >= 4 is 17.7 Å². The van der Waals surface area contributed by atoms with Crippen molar-refractivity contribution < 1.29 is 14.6 Å². The topological polar surface area (TPSA) is 82.4 Å². The first kappa shape index (κ1) is 13.3. The molecule has 0 aliphatic carbocycles. The van der Waals surface area contributed by atoms with Crippen LogP contribution in [0.3, 0.4) is 0 Å². The standard InChI is InChI=1S/C10H16N2O3S/c11-3-6-16-7-9(13)12-8-10(14)1-4-15-5-2-10/h14H,1-2,4-8H2,(H,12,13). The molecule has 0 aromatic heterocycles. The molecule has 2 N–H and O–H groups in total. The van der Waals surface area contributed by atoms with E-state index >= 15 is 0 Å². The van der Waals surface area contributed by atoms with Gasteiger partial charge in [-0.2, -0.15) is 5.26 Å². The normalized spacial score (nSPS) is 18.8. The Hall–Kier alpha value is -0.770. The molecule has 0 unspecified atom stereocenters. The quantitative estimate of drug-likeness (QED) is 0.660. The van der Waals surface area contributed by atoms with Crippen LogP contribution in [0.4, 0.5) is 0 Å². The first-order chi connectivity index (χ1) is 7.66. The first-order valence-corrected chi connectivity index (χ1v) is 6.33. The third-order valence-electron chi connectivity index (χ3n) is 2.44. The Kier molecular flexibility index (Phi) is 5.60. The molecule has 5 nitrogen and oxygen atoms in total. The average Bonchev–Trinajstić information content (AvgIpc) is 2.28. The fourth-order valence-electron chi connectivity index (χ4n) is 1.43. The number of amides is 1. The van der Waals surface area contributed by atoms with Crippen molar-refractivity contribution in [2.24, 2.45) is 0 Å². The van der Waals surface area contributed by atoms with Crippen molar-refractivity contribution in [3.05, 3.63) is 0 Å². The number of hydrogen-bond donors (Lipinski definition) is 2. The van der Waals surface area contributed by atoms with Gasteiger partial charge in [-0.25, -0.2) is 0 Å². The van der Waals surface area contributed by atoms with E-state index in [9.17, 15) is 9.90 Å². The molecule has 90 valence electrons. The maximum Gasteiger partial charge on any atom is 0.230 e. The Morgan fingerprint density at radius 2 is 2.25 bits per heavy atom. The predicted octanol–water partition coefficient (Wildman–Crippen LogP) is -0.0991. The molecule has 0 aromatic rings. The maximum absolute atomic E-state index is 11.3. The molecular weight excluding hydrogens is 228 g/mol. The summed E-state index contributed by atoms with van der Waals surface area (Å²) in [4.78, 5) is 11.3. The number of nitriles is 1. The molecular formula is C10H16N2O3S. The first-order valence-electron chi connectivity index (χ1n) is 5.18. The number of thioether (sulfide) groups is 1. The van der Waals surface area contributed by atoms with Crippen LogP contribution >= 0.6 is 11.8 Å². The number of nitrogens with zero attached hydrogens (tertiary/aromatic N) is 1. The van der Waals surface area contributed by atoms with E-state index in [4.69, 9.17) is 10.00 Å². The second kappa shape index (κ2) is 6.74. The van der Waals surface area contributed by atoms with E-state index in [1.165, 1.54) is 11.8 Å². The molecule has 0 radical (unpaired) electrons. The number of ether oxygens (including phenoxy) is 1. The fourth-order valence-corrected chi connectivity index (χ4v) is 1.91. The van der Waals surface area contributed by atoms with E-state index in [0.29, 0.717) is 31.8 Å². The van der Waals surface area contributed by atoms with Crippen LogP contribution in [-0.4, -0.2) is 47.9 Å². The van der Waals surface area contributed by atoms with Crippen LogP contribution in [0, 0.1) is 11.3 Å². The van der Waals surface area contributed by atoms with Crippen molar-refractivity contribution in [1.29, 1.82) is 5.26 Å². The molecule has 0 saturated carbocycles. The zero-order valence-electron chi connectivity index (χ0n) is 9.07.